The molecule has 0 saturated heterocycles. The van der Waals surface area contributed by atoms with Crippen LogP contribution < -0.4 is 0 Å². The van der Waals surface area contributed by atoms with Crippen molar-refractivity contribution in [2.45, 2.75) is 72.3 Å². The zero-order valence-corrected chi connectivity index (χ0v) is 15.1. The first-order chi connectivity index (χ1) is 10.9. The van der Waals surface area contributed by atoms with Crippen LogP contribution in [0.4, 0.5) is 0 Å². The van der Waals surface area contributed by atoms with Gasteiger partial charge >= 0.3 is 0 Å². The standard InChI is InChI=1S/C21H32O2/c1-15-7-5-9-18-20(3,11-6-8-17-10-12-23-14-17)16(2)13-19(22)21(15,18)4/h7,10,12,14,16,18-19,22H,5-6,8-9,11,13H2,1-4H3. The Bertz CT molecular complexity index is 558. The van der Waals surface area contributed by atoms with Gasteiger partial charge in [0.05, 0.1) is 18.6 Å². The topological polar surface area (TPSA) is 33.4 Å². The van der Waals surface area contributed by atoms with Crippen molar-refractivity contribution < 1.29 is 9.52 Å². The Hall–Kier alpha value is -1.02. The number of aliphatic hydroxyl groups is 1. The summed E-state index contributed by atoms with van der Waals surface area (Å²) >= 11 is 0. The highest BCUT2D eigenvalue weighted by Crippen LogP contribution is 2.61. The number of aryl methyl sites for hydroxylation is 1. The van der Waals surface area contributed by atoms with E-state index in [0.717, 1.165) is 12.8 Å². The lowest BCUT2D eigenvalue weighted by atomic mass is 9.46. The maximum atomic E-state index is 10.9. The molecule has 5 atom stereocenters. The van der Waals surface area contributed by atoms with Gasteiger partial charge in [0.1, 0.15) is 0 Å². The molecule has 1 heterocycles. The molecule has 0 amide bonds. The first-order valence-electron chi connectivity index (χ1n) is 9.25. The minimum atomic E-state index is -0.194. The number of hydrogen-bond donors (Lipinski definition) is 1. The van der Waals surface area contributed by atoms with E-state index in [1.807, 2.05) is 6.26 Å². The molecule has 0 spiro atoms. The molecule has 1 saturated carbocycles. The molecule has 1 aromatic rings. The van der Waals surface area contributed by atoms with Crippen LogP contribution in [0.1, 0.15) is 65.4 Å². The molecule has 128 valence electrons. The highest BCUT2D eigenvalue weighted by molar-refractivity contribution is 5.23. The Morgan fingerprint density at radius 3 is 2.83 bits per heavy atom. The second kappa shape index (κ2) is 6.12. The normalized spacial score (nSPS) is 40.6. The van der Waals surface area contributed by atoms with Gasteiger partial charge in [0.2, 0.25) is 0 Å². The van der Waals surface area contributed by atoms with E-state index in [2.05, 4.69) is 39.8 Å². The molecule has 2 nitrogen and oxygen atoms in total. The molecule has 3 rings (SSSR count). The summed E-state index contributed by atoms with van der Waals surface area (Å²) in [5.74, 6) is 1.16. The van der Waals surface area contributed by atoms with Crippen molar-refractivity contribution in [3.05, 3.63) is 35.8 Å². The number of hydrogen-bond acceptors (Lipinski definition) is 2. The number of rotatable bonds is 4. The summed E-state index contributed by atoms with van der Waals surface area (Å²) in [7, 11) is 0. The van der Waals surface area contributed by atoms with E-state index in [1.165, 1.54) is 36.8 Å². The second-order valence-electron chi connectivity index (χ2n) is 8.44. The minimum absolute atomic E-state index is 0.0326. The molecule has 0 bridgehead atoms. The number of furan rings is 1. The lowest BCUT2D eigenvalue weighted by Gasteiger charge is -2.60. The average Bonchev–Trinajstić information content (AvgIpc) is 3.01. The van der Waals surface area contributed by atoms with E-state index in [9.17, 15) is 5.11 Å². The number of allylic oxidation sites excluding steroid dienone is 1. The Labute approximate surface area is 141 Å². The van der Waals surface area contributed by atoms with Crippen molar-refractivity contribution in [1.29, 1.82) is 0 Å². The summed E-state index contributed by atoms with van der Waals surface area (Å²) in [6.45, 7) is 9.39. The van der Waals surface area contributed by atoms with Crippen LogP contribution in [0.2, 0.25) is 0 Å². The second-order valence-corrected chi connectivity index (χ2v) is 8.44. The summed E-state index contributed by atoms with van der Waals surface area (Å²) in [5.41, 5.74) is 3.00. The molecular weight excluding hydrogens is 284 g/mol. The van der Waals surface area contributed by atoms with Gasteiger partial charge in [-0.15, -0.1) is 0 Å². The van der Waals surface area contributed by atoms with E-state index in [-0.39, 0.29) is 11.5 Å². The molecule has 0 aromatic carbocycles. The molecule has 1 aromatic heterocycles. The van der Waals surface area contributed by atoms with Gasteiger partial charge in [-0.1, -0.05) is 32.4 Å². The Morgan fingerprint density at radius 1 is 1.35 bits per heavy atom. The predicted octanol–water partition coefficient (Wildman–Crippen LogP) is 5.37. The lowest BCUT2D eigenvalue weighted by Crippen LogP contribution is -2.56. The largest absolute Gasteiger partial charge is 0.472 e. The first-order valence-corrected chi connectivity index (χ1v) is 9.25. The Kier molecular flexibility index (Phi) is 4.48. The third kappa shape index (κ3) is 2.69. The predicted molar refractivity (Wildman–Crippen MR) is 94.1 cm³/mol. The minimum Gasteiger partial charge on any atom is -0.472 e. The molecule has 1 N–H and O–H groups in total. The molecule has 5 unspecified atom stereocenters. The summed E-state index contributed by atoms with van der Waals surface area (Å²) in [6, 6.07) is 2.08. The number of aliphatic hydroxyl groups excluding tert-OH is 1. The van der Waals surface area contributed by atoms with Crippen molar-refractivity contribution >= 4 is 0 Å². The maximum absolute atomic E-state index is 10.9. The Balaban J connectivity index is 1.80. The van der Waals surface area contributed by atoms with Gasteiger partial charge in [0, 0.05) is 5.41 Å². The number of fused-ring (bicyclic) bond motifs is 1. The summed E-state index contributed by atoms with van der Waals surface area (Å²) in [5, 5.41) is 10.9. The zero-order chi connectivity index (χ0) is 16.7. The molecule has 1 fully saturated rings. The van der Waals surface area contributed by atoms with Crippen LogP contribution in [0.25, 0.3) is 0 Å². The average molecular weight is 316 g/mol. The van der Waals surface area contributed by atoms with Gasteiger partial charge < -0.3 is 9.52 Å². The fourth-order valence-corrected chi connectivity index (χ4v) is 5.49. The SMILES string of the molecule is CC1=CCCC2C(C)(CCCc3ccoc3)C(C)CC(O)C12C. The van der Waals surface area contributed by atoms with Gasteiger partial charge in [0.25, 0.3) is 0 Å². The highest BCUT2D eigenvalue weighted by Gasteiger charge is 2.56. The monoisotopic (exact) mass is 316 g/mol. The van der Waals surface area contributed by atoms with Gasteiger partial charge in [-0.3, -0.25) is 0 Å². The Morgan fingerprint density at radius 2 is 2.13 bits per heavy atom. The summed E-state index contributed by atoms with van der Waals surface area (Å²) in [4.78, 5) is 0. The van der Waals surface area contributed by atoms with Gasteiger partial charge in [0.15, 0.2) is 0 Å². The van der Waals surface area contributed by atoms with Crippen molar-refractivity contribution in [2.75, 3.05) is 0 Å². The summed E-state index contributed by atoms with van der Waals surface area (Å²) in [6.07, 6.45) is 12.7. The van der Waals surface area contributed by atoms with Crippen LogP contribution in [0.5, 0.6) is 0 Å². The van der Waals surface area contributed by atoms with Crippen LogP contribution in [0, 0.1) is 22.7 Å². The molecule has 2 aliphatic carbocycles. The lowest BCUT2D eigenvalue weighted by molar-refractivity contribution is -0.124. The van der Waals surface area contributed by atoms with Crippen LogP contribution in [0.15, 0.2) is 34.7 Å². The molecular formula is C21H32O2. The van der Waals surface area contributed by atoms with E-state index in [1.54, 1.807) is 6.26 Å². The smallest absolute Gasteiger partial charge is 0.0934 e. The van der Waals surface area contributed by atoms with Crippen LogP contribution in [-0.4, -0.2) is 11.2 Å². The van der Waals surface area contributed by atoms with Crippen LogP contribution in [0.3, 0.4) is 0 Å². The fraction of sp³-hybridized carbons (Fsp3) is 0.714. The van der Waals surface area contributed by atoms with Crippen LogP contribution >= 0.6 is 0 Å². The van der Waals surface area contributed by atoms with Gasteiger partial charge in [-0.2, -0.15) is 0 Å². The fourth-order valence-electron chi connectivity index (χ4n) is 5.49. The van der Waals surface area contributed by atoms with E-state index in [0.29, 0.717) is 17.3 Å². The quantitative estimate of drug-likeness (QED) is 0.757. The molecule has 2 heteroatoms. The van der Waals surface area contributed by atoms with Gasteiger partial charge in [-0.05, 0) is 74.3 Å². The molecule has 23 heavy (non-hydrogen) atoms. The highest BCUT2D eigenvalue weighted by atomic mass is 16.3. The zero-order valence-electron chi connectivity index (χ0n) is 15.1. The molecule has 0 aliphatic heterocycles. The van der Waals surface area contributed by atoms with Crippen LogP contribution in [-0.2, 0) is 6.42 Å². The molecule has 2 aliphatic rings. The van der Waals surface area contributed by atoms with E-state index in [4.69, 9.17) is 4.42 Å². The summed E-state index contributed by atoms with van der Waals surface area (Å²) < 4.78 is 5.19. The van der Waals surface area contributed by atoms with Crippen molar-refractivity contribution in [3.63, 3.8) is 0 Å². The van der Waals surface area contributed by atoms with Crippen molar-refractivity contribution in [3.8, 4) is 0 Å². The first kappa shape index (κ1) is 16.8. The third-order valence-corrected chi connectivity index (χ3v) is 7.43. The van der Waals surface area contributed by atoms with Crippen molar-refractivity contribution in [1.82, 2.24) is 0 Å². The van der Waals surface area contributed by atoms with Gasteiger partial charge in [-0.25, -0.2) is 0 Å². The van der Waals surface area contributed by atoms with Crippen molar-refractivity contribution in [2.24, 2.45) is 22.7 Å². The maximum Gasteiger partial charge on any atom is 0.0934 e. The third-order valence-electron chi connectivity index (χ3n) is 7.43. The van der Waals surface area contributed by atoms with E-state index >= 15 is 0 Å². The van der Waals surface area contributed by atoms with E-state index < -0.39 is 0 Å². The molecule has 0 radical (unpaired) electrons.